The number of nitrogens with one attached hydrogen (secondary N) is 1. The van der Waals surface area contributed by atoms with Crippen molar-refractivity contribution in [1.82, 2.24) is 10.2 Å². The maximum atomic E-state index is 5.27. The van der Waals surface area contributed by atoms with Crippen molar-refractivity contribution in [2.75, 3.05) is 33.0 Å². The Hall–Kier alpha value is -0.630. The lowest BCUT2D eigenvalue weighted by Gasteiger charge is -2.36. The summed E-state index contributed by atoms with van der Waals surface area (Å²) < 4.78 is 5.27. The Morgan fingerprint density at radius 2 is 2.26 bits per heavy atom. The minimum atomic E-state index is 0. The van der Waals surface area contributed by atoms with E-state index in [2.05, 4.69) is 53.0 Å². The van der Waals surface area contributed by atoms with Gasteiger partial charge in [0.25, 0.3) is 0 Å². The molecule has 0 amide bonds. The lowest BCUT2D eigenvalue weighted by atomic mass is 10.1. The van der Waals surface area contributed by atoms with Crippen molar-refractivity contribution in [3.05, 3.63) is 29.8 Å². The number of ether oxygens (including phenoxy) is 1. The molecule has 2 rings (SSSR count). The summed E-state index contributed by atoms with van der Waals surface area (Å²) in [5.74, 6) is 3.75. The van der Waals surface area contributed by atoms with Gasteiger partial charge in [-0.25, -0.2) is 0 Å². The van der Waals surface area contributed by atoms with Gasteiger partial charge in [0, 0.05) is 37.7 Å². The average molecular weight is 449 g/mol. The number of guanidine groups is 1. The molecule has 0 spiro atoms. The first kappa shape index (κ1) is 20.4. The highest BCUT2D eigenvalue weighted by molar-refractivity contribution is 14.0. The zero-order chi connectivity index (χ0) is 15.9. The van der Waals surface area contributed by atoms with Crippen LogP contribution in [0.1, 0.15) is 19.4 Å². The fraction of sp³-hybridized carbons (Fsp3) is 0.588. The van der Waals surface area contributed by atoms with Crippen LogP contribution >= 0.6 is 35.7 Å². The first-order valence-corrected chi connectivity index (χ1v) is 8.89. The summed E-state index contributed by atoms with van der Waals surface area (Å²) in [5, 5.41) is 4.16. The topological polar surface area (TPSA) is 36.9 Å². The van der Waals surface area contributed by atoms with Crippen LogP contribution in [-0.4, -0.2) is 49.1 Å². The number of methoxy groups -OCH3 is 1. The van der Waals surface area contributed by atoms with E-state index in [4.69, 9.17) is 4.74 Å². The Bertz CT molecular complexity index is 510. The monoisotopic (exact) mass is 449 g/mol. The molecular formula is C17H28IN3OS. The summed E-state index contributed by atoms with van der Waals surface area (Å²) in [4.78, 5) is 6.83. The standard InChI is InChI=1S/C17H27N3OS.HI/c1-13(2)16-12-20(8-9-22-16)17(18-3)19-11-14-6-5-7-15(10-14)21-4;/h5-7,10,13,16H,8-9,11-12H2,1-4H3,(H,18,19);1H. The van der Waals surface area contributed by atoms with Gasteiger partial charge in [0.15, 0.2) is 5.96 Å². The summed E-state index contributed by atoms with van der Waals surface area (Å²) >= 11 is 2.08. The minimum Gasteiger partial charge on any atom is -0.497 e. The third kappa shape index (κ3) is 6.06. The molecule has 1 fully saturated rings. The van der Waals surface area contributed by atoms with Crippen molar-refractivity contribution in [3.8, 4) is 5.75 Å². The van der Waals surface area contributed by atoms with Crippen LogP contribution < -0.4 is 10.1 Å². The summed E-state index contributed by atoms with van der Waals surface area (Å²) in [6, 6.07) is 8.15. The smallest absolute Gasteiger partial charge is 0.193 e. The van der Waals surface area contributed by atoms with E-state index in [1.807, 2.05) is 19.2 Å². The zero-order valence-corrected chi connectivity index (χ0v) is 17.6. The van der Waals surface area contributed by atoms with Crippen LogP contribution in [0, 0.1) is 5.92 Å². The molecule has 1 aromatic carbocycles. The molecule has 1 heterocycles. The Kier molecular flexibility index (Phi) is 9.12. The predicted octanol–water partition coefficient (Wildman–Crippen LogP) is 3.46. The maximum Gasteiger partial charge on any atom is 0.193 e. The van der Waals surface area contributed by atoms with Crippen molar-refractivity contribution >= 4 is 41.7 Å². The van der Waals surface area contributed by atoms with Gasteiger partial charge in [-0.2, -0.15) is 11.8 Å². The van der Waals surface area contributed by atoms with E-state index in [0.717, 1.165) is 31.3 Å². The molecule has 0 aliphatic carbocycles. The molecule has 4 nitrogen and oxygen atoms in total. The number of hydrogen-bond acceptors (Lipinski definition) is 3. The normalized spacial score (nSPS) is 18.6. The van der Waals surface area contributed by atoms with E-state index in [-0.39, 0.29) is 24.0 Å². The second kappa shape index (κ2) is 10.3. The van der Waals surface area contributed by atoms with Crippen LogP contribution in [0.3, 0.4) is 0 Å². The molecule has 6 heteroatoms. The molecule has 1 aliphatic heterocycles. The van der Waals surface area contributed by atoms with Crippen LogP contribution in [0.15, 0.2) is 29.3 Å². The van der Waals surface area contributed by atoms with Gasteiger partial charge in [-0.05, 0) is 23.6 Å². The van der Waals surface area contributed by atoms with E-state index in [1.165, 1.54) is 11.3 Å². The number of aliphatic imine (C=N–C) groups is 1. The quantitative estimate of drug-likeness (QED) is 0.434. The molecular weight excluding hydrogens is 421 g/mol. The molecule has 1 aliphatic rings. The third-order valence-corrected chi connectivity index (χ3v) is 5.47. The lowest BCUT2D eigenvalue weighted by molar-refractivity contribution is 0.380. The van der Waals surface area contributed by atoms with Crippen LogP contribution in [0.5, 0.6) is 5.75 Å². The van der Waals surface area contributed by atoms with E-state index < -0.39 is 0 Å². The Morgan fingerprint density at radius 1 is 1.48 bits per heavy atom. The number of nitrogens with zero attached hydrogens (tertiary/aromatic N) is 2. The molecule has 0 saturated carbocycles. The molecule has 1 unspecified atom stereocenters. The molecule has 0 bridgehead atoms. The van der Waals surface area contributed by atoms with Gasteiger partial charge in [-0.15, -0.1) is 24.0 Å². The van der Waals surface area contributed by atoms with Gasteiger partial charge in [0.2, 0.25) is 0 Å². The van der Waals surface area contributed by atoms with Gasteiger partial charge in [-0.1, -0.05) is 26.0 Å². The first-order chi connectivity index (χ1) is 10.6. The molecule has 1 saturated heterocycles. The highest BCUT2D eigenvalue weighted by Crippen LogP contribution is 2.24. The highest BCUT2D eigenvalue weighted by atomic mass is 127. The maximum absolute atomic E-state index is 5.27. The average Bonchev–Trinajstić information content (AvgIpc) is 2.56. The summed E-state index contributed by atoms with van der Waals surface area (Å²) in [6.45, 7) is 7.49. The second-order valence-electron chi connectivity index (χ2n) is 5.85. The highest BCUT2D eigenvalue weighted by Gasteiger charge is 2.24. The Balaban J connectivity index is 0.00000264. The van der Waals surface area contributed by atoms with Crippen LogP contribution in [0.2, 0.25) is 0 Å². The van der Waals surface area contributed by atoms with Crippen molar-refractivity contribution in [2.24, 2.45) is 10.9 Å². The van der Waals surface area contributed by atoms with Gasteiger partial charge >= 0.3 is 0 Å². The lowest BCUT2D eigenvalue weighted by Crippen LogP contribution is -2.48. The largest absolute Gasteiger partial charge is 0.497 e. The SMILES string of the molecule is CN=C(NCc1cccc(OC)c1)N1CCSC(C(C)C)C1.I. The number of rotatable bonds is 4. The summed E-state index contributed by atoms with van der Waals surface area (Å²) in [7, 11) is 3.56. The van der Waals surface area contributed by atoms with Gasteiger partial charge in [0.05, 0.1) is 7.11 Å². The van der Waals surface area contributed by atoms with E-state index in [0.29, 0.717) is 11.2 Å². The molecule has 1 N–H and O–H groups in total. The second-order valence-corrected chi connectivity index (χ2v) is 7.20. The molecule has 0 aromatic heterocycles. The zero-order valence-electron chi connectivity index (χ0n) is 14.4. The third-order valence-electron chi connectivity index (χ3n) is 3.93. The Morgan fingerprint density at radius 3 is 2.91 bits per heavy atom. The molecule has 0 radical (unpaired) electrons. The number of thioether (sulfide) groups is 1. The number of hydrogen-bond donors (Lipinski definition) is 1. The van der Waals surface area contributed by atoms with Crippen LogP contribution in [-0.2, 0) is 6.54 Å². The summed E-state index contributed by atoms with van der Waals surface area (Å²) in [5.41, 5.74) is 1.20. The van der Waals surface area contributed by atoms with E-state index in [9.17, 15) is 0 Å². The van der Waals surface area contributed by atoms with Crippen LogP contribution in [0.4, 0.5) is 0 Å². The van der Waals surface area contributed by atoms with Gasteiger partial charge in [-0.3, -0.25) is 4.99 Å². The minimum absolute atomic E-state index is 0. The molecule has 130 valence electrons. The fourth-order valence-electron chi connectivity index (χ4n) is 2.57. The van der Waals surface area contributed by atoms with Crippen molar-refractivity contribution in [2.45, 2.75) is 25.6 Å². The molecule has 1 atom stereocenters. The van der Waals surface area contributed by atoms with Crippen molar-refractivity contribution < 1.29 is 4.74 Å². The Labute approximate surface area is 161 Å². The fourth-order valence-corrected chi connectivity index (χ4v) is 3.87. The van der Waals surface area contributed by atoms with Crippen LogP contribution in [0.25, 0.3) is 0 Å². The van der Waals surface area contributed by atoms with Gasteiger partial charge < -0.3 is 15.0 Å². The number of halogens is 1. The summed E-state index contributed by atoms with van der Waals surface area (Å²) in [6.07, 6.45) is 0. The predicted molar refractivity (Wildman–Crippen MR) is 111 cm³/mol. The van der Waals surface area contributed by atoms with Crippen molar-refractivity contribution in [1.29, 1.82) is 0 Å². The van der Waals surface area contributed by atoms with E-state index in [1.54, 1.807) is 7.11 Å². The molecule has 1 aromatic rings. The van der Waals surface area contributed by atoms with E-state index >= 15 is 0 Å². The van der Waals surface area contributed by atoms with Gasteiger partial charge in [0.1, 0.15) is 5.75 Å². The first-order valence-electron chi connectivity index (χ1n) is 7.84. The molecule has 23 heavy (non-hydrogen) atoms. The van der Waals surface area contributed by atoms with Crippen molar-refractivity contribution in [3.63, 3.8) is 0 Å². The number of benzene rings is 1.